The third-order valence-electron chi connectivity index (χ3n) is 5.28. The Morgan fingerprint density at radius 3 is 1.26 bits per heavy atom. The van der Waals surface area contributed by atoms with Gasteiger partial charge in [-0.25, -0.2) is 0 Å². The maximum absolute atomic E-state index is 7.86. The van der Waals surface area contributed by atoms with Crippen molar-refractivity contribution < 1.29 is 36.1 Å². The molecule has 3 aliphatic rings. The number of ether oxygens (including phenoxy) is 3. The molecule has 0 aromatic heterocycles. The van der Waals surface area contributed by atoms with Crippen molar-refractivity contribution in [1.82, 2.24) is 0 Å². The number of nitrogens with zero attached hydrogens (tertiary/aromatic N) is 3. The smallest absolute Gasteiger partial charge is 0.0642 e. The number of benzene rings is 3. The van der Waals surface area contributed by atoms with Crippen molar-refractivity contribution in [3.63, 3.8) is 0 Å². The fraction of sp³-hybridized carbons (Fsp3) is 0.400. The predicted octanol–water partition coefficient (Wildman–Crippen LogP) is 3.32. The molecular formula is C30H42N6O3. The Morgan fingerprint density at radius 2 is 0.821 bits per heavy atom. The van der Waals surface area contributed by atoms with Gasteiger partial charge in [-0.3, -0.25) is 0 Å². The molecule has 0 unspecified atom stereocenters. The molecule has 3 saturated heterocycles. The van der Waals surface area contributed by atoms with E-state index in [1.807, 2.05) is 0 Å². The molecule has 39 heavy (non-hydrogen) atoms. The van der Waals surface area contributed by atoms with Gasteiger partial charge in [-0.15, -0.1) is 0 Å². The van der Waals surface area contributed by atoms with Crippen molar-refractivity contribution in [2.75, 3.05) is 110 Å². The molecule has 9 heteroatoms. The highest BCUT2D eigenvalue weighted by molar-refractivity contribution is 5.55. The average molecular weight is 551 g/mol. The van der Waals surface area contributed by atoms with E-state index in [4.69, 9.17) is 48.6 Å². The summed E-state index contributed by atoms with van der Waals surface area (Å²) in [5.74, 6) is 0. The Hall–Kier alpha value is -3.66. The van der Waals surface area contributed by atoms with E-state index in [2.05, 4.69) is 4.74 Å². The van der Waals surface area contributed by atoms with Crippen LogP contribution >= 0.6 is 0 Å². The molecule has 0 atom stereocenters. The van der Waals surface area contributed by atoms with Crippen LogP contribution in [0, 0.1) is 0 Å². The van der Waals surface area contributed by atoms with Crippen molar-refractivity contribution >= 4 is 34.1 Å². The summed E-state index contributed by atoms with van der Waals surface area (Å²) in [5, 5.41) is 0. The first-order valence-electron chi connectivity index (χ1n) is 19.8. The van der Waals surface area contributed by atoms with E-state index in [9.17, 15) is 0 Å². The van der Waals surface area contributed by atoms with Crippen LogP contribution < -0.4 is 31.9 Å². The third kappa shape index (κ3) is 9.24. The van der Waals surface area contributed by atoms with Gasteiger partial charge in [-0.2, -0.15) is 0 Å². The molecule has 3 fully saturated rings. The average Bonchev–Trinajstić information content (AvgIpc) is 3.00. The number of nitrogen functional groups attached to an aromatic ring is 3. The minimum Gasteiger partial charge on any atom is -0.399 e. The maximum Gasteiger partial charge on any atom is 0.0642 e. The molecule has 0 spiro atoms. The van der Waals surface area contributed by atoms with E-state index in [1.54, 1.807) is 53.4 Å². The predicted molar refractivity (Wildman–Crippen MR) is 162 cm³/mol. The summed E-state index contributed by atoms with van der Waals surface area (Å²) >= 11 is 0. The monoisotopic (exact) mass is 550 g/mol. The van der Waals surface area contributed by atoms with Crippen molar-refractivity contribution in [2.45, 2.75) is 0 Å². The van der Waals surface area contributed by atoms with Crippen LogP contribution in [0.1, 0.15) is 21.9 Å². The van der Waals surface area contributed by atoms with Crippen molar-refractivity contribution in [3.8, 4) is 0 Å². The van der Waals surface area contributed by atoms with E-state index in [0.717, 1.165) is 10.6 Å². The number of hydrogen-bond donors (Lipinski definition) is 3. The second kappa shape index (κ2) is 15.1. The van der Waals surface area contributed by atoms with Gasteiger partial charge in [0.15, 0.2) is 0 Å². The topological polar surface area (TPSA) is 115 Å². The lowest BCUT2D eigenvalue weighted by molar-refractivity contribution is 0.122. The molecule has 6 rings (SSSR count). The second-order valence-electron chi connectivity index (χ2n) is 8.03. The molecule has 3 aliphatic heterocycles. The summed E-state index contributed by atoms with van der Waals surface area (Å²) < 4.78 is 137. The normalized spacial score (nSPS) is 33.8. The van der Waals surface area contributed by atoms with Gasteiger partial charge in [-0.1, -0.05) is 0 Å². The summed E-state index contributed by atoms with van der Waals surface area (Å²) in [6, 6.07) is 18.7. The Labute approximate surface area is 254 Å². The molecule has 0 bridgehead atoms. The molecule has 3 aromatic carbocycles. The zero-order chi connectivity index (χ0) is 41.6. The number of nitrogens with two attached hydrogens (primary N) is 3. The molecule has 6 N–H and O–H groups in total. The van der Waals surface area contributed by atoms with Gasteiger partial charge in [0.2, 0.25) is 0 Å². The zero-order valence-corrected chi connectivity index (χ0v) is 21.1. The maximum atomic E-state index is 7.86. The third-order valence-corrected chi connectivity index (χ3v) is 5.28. The minimum absolute atomic E-state index is 0.00354. The second-order valence-corrected chi connectivity index (χ2v) is 8.03. The fourth-order valence-electron chi connectivity index (χ4n) is 3.27. The molecule has 0 aliphatic carbocycles. The molecule has 210 valence electrons. The van der Waals surface area contributed by atoms with E-state index in [-0.39, 0.29) is 32.0 Å². The Kier molecular flexibility index (Phi) is 5.45. The molecule has 0 saturated carbocycles. The van der Waals surface area contributed by atoms with Gasteiger partial charge in [0, 0.05) is 73.2 Å². The largest absolute Gasteiger partial charge is 0.399 e. The standard InChI is InChI=1S/3C10H14N2O/c3*11-9-1-3-10(4-2-9)12-5-7-13-8-6-12/h3*1-4H,5-8,11H2/i5D2,6D2,7D2,8D2;7D2,8D2;5D2,6D2. The van der Waals surface area contributed by atoms with Gasteiger partial charge < -0.3 is 46.1 Å². The van der Waals surface area contributed by atoms with Crippen LogP contribution in [0.15, 0.2) is 72.8 Å². The highest BCUT2D eigenvalue weighted by atomic mass is 16.5. The summed E-state index contributed by atoms with van der Waals surface area (Å²) in [5.41, 5.74) is 19.3. The number of morpholine rings is 3. The van der Waals surface area contributed by atoms with Gasteiger partial charge in [0.05, 0.1) is 61.4 Å². The van der Waals surface area contributed by atoms with E-state index < -0.39 is 52.2 Å². The van der Waals surface area contributed by atoms with Gasteiger partial charge in [0.1, 0.15) is 0 Å². The first-order valence-corrected chi connectivity index (χ1v) is 11.8. The summed E-state index contributed by atoms with van der Waals surface area (Å²) in [6.07, 6.45) is 0. The number of hydrogen-bond acceptors (Lipinski definition) is 9. The van der Waals surface area contributed by atoms with Gasteiger partial charge in [-0.05, 0) is 72.8 Å². The molecule has 3 aromatic rings. The minimum atomic E-state index is -3.05. The van der Waals surface area contributed by atoms with Gasteiger partial charge in [0.25, 0.3) is 0 Å². The van der Waals surface area contributed by atoms with Crippen LogP contribution in [0.4, 0.5) is 34.1 Å². The SMILES string of the molecule is [2H]C1([2H])CN(c2ccc(N)cc2)CC([2H])([2H])O1.[2H]C1([2H])COCC([2H])([2H])N1c1ccc(N)cc1.[2H]C1([2H])OC([2H])([2H])C([2H])([2H])N(c2ccc(N)cc2)C1([2H])[2H]. The van der Waals surface area contributed by atoms with Crippen molar-refractivity contribution in [3.05, 3.63) is 72.8 Å². The molecule has 0 radical (unpaired) electrons. The lowest BCUT2D eigenvalue weighted by Crippen LogP contribution is -2.36. The summed E-state index contributed by atoms with van der Waals surface area (Å²) in [4.78, 5) is 3.12. The molecule has 0 amide bonds. The summed E-state index contributed by atoms with van der Waals surface area (Å²) in [7, 11) is 0. The first kappa shape index (κ1) is 14.1. The van der Waals surface area contributed by atoms with Crippen LogP contribution in [0.5, 0.6) is 0 Å². The van der Waals surface area contributed by atoms with Gasteiger partial charge >= 0.3 is 0 Å². The lowest BCUT2D eigenvalue weighted by atomic mass is 10.2. The highest BCUT2D eigenvalue weighted by Crippen LogP contribution is 2.19. The van der Waals surface area contributed by atoms with Crippen LogP contribution in [-0.4, -0.2) is 78.5 Å². The lowest BCUT2D eigenvalue weighted by Gasteiger charge is -2.28. The highest BCUT2D eigenvalue weighted by Gasteiger charge is 2.12. The van der Waals surface area contributed by atoms with E-state index in [0.29, 0.717) is 27.6 Å². The molecular weight excluding hydrogens is 492 g/mol. The zero-order valence-electron chi connectivity index (χ0n) is 37.1. The summed E-state index contributed by atoms with van der Waals surface area (Å²) in [6.45, 7) is -20.0. The Morgan fingerprint density at radius 1 is 0.462 bits per heavy atom. The first-order chi connectivity index (χ1) is 24.9. The van der Waals surface area contributed by atoms with E-state index >= 15 is 0 Å². The van der Waals surface area contributed by atoms with Crippen LogP contribution in [0.3, 0.4) is 0 Å². The Balaban J connectivity index is 0.000000185. The molecule has 9 nitrogen and oxygen atoms in total. The van der Waals surface area contributed by atoms with Crippen molar-refractivity contribution in [1.29, 1.82) is 0 Å². The quantitative estimate of drug-likeness (QED) is 0.422. The fourth-order valence-corrected chi connectivity index (χ4v) is 3.27. The van der Waals surface area contributed by atoms with Crippen molar-refractivity contribution in [2.24, 2.45) is 0 Å². The molecule has 3 heterocycles. The Bertz CT molecular complexity index is 1710. The number of anilines is 6. The van der Waals surface area contributed by atoms with Crippen LogP contribution in [-0.2, 0) is 14.2 Å². The van der Waals surface area contributed by atoms with Crippen LogP contribution in [0.25, 0.3) is 0 Å². The van der Waals surface area contributed by atoms with Crippen LogP contribution in [0.2, 0.25) is 0 Å². The van der Waals surface area contributed by atoms with E-state index in [1.165, 1.54) is 24.3 Å². The number of rotatable bonds is 3.